The predicted octanol–water partition coefficient (Wildman–Crippen LogP) is 5.25. The summed E-state index contributed by atoms with van der Waals surface area (Å²) in [5.41, 5.74) is 2.38. The Balaban J connectivity index is 1.56. The Kier molecular flexibility index (Phi) is 7.78. The first-order valence-corrected chi connectivity index (χ1v) is 13.2. The van der Waals surface area contributed by atoms with Gasteiger partial charge in [-0.2, -0.15) is 0 Å². The van der Waals surface area contributed by atoms with Crippen molar-refractivity contribution in [2.75, 3.05) is 26.4 Å². The Morgan fingerprint density at radius 1 is 0.676 bits per heavy atom. The number of likely N-dealkylation sites (N-methyl/N-ethyl adjacent to an activating group) is 2. The normalized spacial score (nSPS) is 12.9. The van der Waals surface area contributed by atoms with Gasteiger partial charge in [-0.15, -0.1) is 0 Å². The molecule has 0 aromatic heterocycles. The lowest BCUT2D eigenvalue weighted by atomic mass is 10.1. The fourth-order valence-electron chi connectivity index (χ4n) is 4.35. The van der Waals surface area contributed by atoms with Gasteiger partial charge in [-0.05, 0) is 48.1 Å². The molecule has 0 unspecified atom stereocenters. The van der Waals surface area contributed by atoms with E-state index in [0.717, 1.165) is 17.3 Å². The minimum Gasteiger partial charge on any atom is -0.301 e. The van der Waals surface area contributed by atoms with Crippen molar-refractivity contribution in [3.63, 3.8) is 0 Å². The van der Waals surface area contributed by atoms with Crippen LogP contribution in [0.15, 0.2) is 108 Å². The second kappa shape index (κ2) is 11.0. The van der Waals surface area contributed by atoms with Crippen molar-refractivity contribution in [1.82, 2.24) is 9.80 Å². The largest absolute Gasteiger partial charge is 0.301 e. The third-order valence-corrected chi connectivity index (χ3v) is 8.00. The van der Waals surface area contributed by atoms with Crippen molar-refractivity contribution in [1.29, 1.82) is 0 Å². The zero-order valence-corrected chi connectivity index (χ0v) is 20.7. The maximum Gasteiger partial charge on any atom is 0.179 e. The first-order chi connectivity index (χ1) is 16.4. The van der Waals surface area contributed by atoms with E-state index in [1.807, 2.05) is 73.8 Å². The van der Waals surface area contributed by atoms with Crippen LogP contribution in [0.5, 0.6) is 0 Å². The van der Waals surface area contributed by atoms with Crippen LogP contribution in [0.2, 0.25) is 0 Å². The molecule has 0 heterocycles. The molecule has 4 aromatic carbocycles. The van der Waals surface area contributed by atoms with Crippen LogP contribution in [0.3, 0.4) is 0 Å². The van der Waals surface area contributed by atoms with E-state index in [1.54, 1.807) is 12.1 Å². The standard InChI is InChI=1S/C29H32N2O2S/c1-30(20-24-11-5-3-6-12-24)22-28(31(2)21-25-13-7-4-8-14-25)23-34(32,33)29-18-17-26-15-9-10-16-27(26)19-29/h3-19,28H,20-23H2,1-2H3/t28-/m0/s1. The van der Waals surface area contributed by atoms with E-state index in [9.17, 15) is 8.42 Å². The monoisotopic (exact) mass is 472 g/mol. The first kappa shape index (κ1) is 24.1. The smallest absolute Gasteiger partial charge is 0.179 e. The average Bonchev–Trinajstić information content (AvgIpc) is 2.84. The lowest BCUT2D eigenvalue weighted by Crippen LogP contribution is -2.44. The van der Waals surface area contributed by atoms with Crippen molar-refractivity contribution in [3.8, 4) is 0 Å². The van der Waals surface area contributed by atoms with Crippen molar-refractivity contribution >= 4 is 20.6 Å². The average molecular weight is 473 g/mol. The summed E-state index contributed by atoms with van der Waals surface area (Å²) in [6.07, 6.45) is 0. The Bertz CT molecular complexity index is 1310. The van der Waals surface area contributed by atoms with Gasteiger partial charge in [0.2, 0.25) is 0 Å². The molecule has 34 heavy (non-hydrogen) atoms. The molecule has 0 aliphatic rings. The molecule has 0 spiro atoms. The van der Waals surface area contributed by atoms with E-state index in [4.69, 9.17) is 0 Å². The minimum absolute atomic E-state index is 0.0633. The first-order valence-electron chi connectivity index (χ1n) is 11.6. The summed E-state index contributed by atoms with van der Waals surface area (Å²) >= 11 is 0. The second-order valence-electron chi connectivity index (χ2n) is 9.03. The van der Waals surface area contributed by atoms with Crippen LogP contribution in [-0.4, -0.2) is 50.7 Å². The molecule has 0 N–H and O–H groups in total. The Hall–Kier alpha value is -2.99. The van der Waals surface area contributed by atoms with Gasteiger partial charge in [-0.1, -0.05) is 91.0 Å². The van der Waals surface area contributed by atoms with Gasteiger partial charge in [0.15, 0.2) is 9.84 Å². The number of hydrogen-bond acceptors (Lipinski definition) is 4. The Labute approximate surface area is 203 Å². The van der Waals surface area contributed by atoms with E-state index < -0.39 is 9.84 Å². The van der Waals surface area contributed by atoms with Crippen LogP contribution >= 0.6 is 0 Å². The minimum atomic E-state index is -3.48. The highest BCUT2D eigenvalue weighted by Crippen LogP contribution is 2.22. The van der Waals surface area contributed by atoms with E-state index in [1.165, 1.54) is 11.1 Å². The zero-order chi connectivity index (χ0) is 24.0. The van der Waals surface area contributed by atoms with Gasteiger partial charge >= 0.3 is 0 Å². The van der Waals surface area contributed by atoms with Gasteiger partial charge in [0.25, 0.3) is 0 Å². The fraction of sp³-hybridized carbons (Fsp3) is 0.241. The SMILES string of the molecule is CN(Cc1ccccc1)C[C@@H](CS(=O)(=O)c1ccc2ccccc2c1)N(C)Cc1ccccc1. The third kappa shape index (κ3) is 6.32. The van der Waals surface area contributed by atoms with Gasteiger partial charge in [-0.25, -0.2) is 8.42 Å². The van der Waals surface area contributed by atoms with Crippen LogP contribution in [0.4, 0.5) is 0 Å². The molecule has 5 heteroatoms. The Morgan fingerprint density at radius 2 is 1.24 bits per heavy atom. The van der Waals surface area contributed by atoms with Crippen LogP contribution in [0.25, 0.3) is 10.8 Å². The van der Waals surface area contributed by atoms with Crippen LogP contribution < -0.4 is 0 Å². The lowest BCUT2D eigenvalue weighted by molar-refractivity contribution is 0.184. The summed E-state index contributed by atoms with van der Waals surface area (Å²) in [6.45, 7) is 2.11. The topological polar surface area (TPSA) is 40.6 Å². The van der Waals surface area contributed by atoms with Gasteiger partial charge in [-0.3, -0.25) is 4.90 Å². The van der Waals surface area contributed by atoms with E-state index in [-0.39, 0.29) is 11.8 Å². The maximum absolute atomic E-state index is 13.5. The molecular weight excluding hydrogens is 440 g/mol. The predicted molar refractivity (Wildman–Crippen MR) is 140 cm³/mol. The molecule has 0 fully saturated rings. The number of fused-ring (bicyclic) bond motifs is 1. The molecule has 176 valence electrons. The molecule has 0 saturated carbocycles. The zero-order valence-electron chi connectivity index (χ0n) is 19.8. The van der Waals surface area contributed by atoms with Crippen molar-refractivity contribution in [2.45, 2.75) is 24.0 Å². The molecule has 0 aliphatic carbocycles. The van der Waals surface area contributed by atoms with Crippen LogP contribution in [0, 0.1) is 0 Å². The highest BCUT2D eigenvalue weighted by molar-refractivity contribution is 7.91. The molecule has 0 saturated heterocycles. The number of rotatable bonds is 10. The molecular formula is C29H32N2O2S. The third-order valence-electron chi connectivity index (χ3n) is 6.21. The summed E-state index contributed by atoms with van der Waals surface area (Å²) in [4.78, 5) is 4.75. The summed E-state index contributed by atoms with van der Waals surface area (Å²) < 4.78 is 27.1. The van der Waals surface area contributed by atoms with Gasteiger partial charge in [0.05, 0.1) is 10.6 Å². The molecule has 0 amide bonds. The van der Waals surface area contributed by atoms with Crippen molar-refractivity contribution in [3.05, 3.63) is 114 Å². The number of benzene rings is 4. The van der Waals surface area contributed by atoms with Crippen molar-refractivity contribution in [2.24, 2.45) is 0 Å². The summed E-state index contributed by atoms with van der Waals surface area (Å²) in [5.74, 6) is 0.0633. The molecule has 0 bridgehead atoms. The highest BCUT2D eigenvalue weighted by atomic mass is 32.2. The van der Waals surface area contributed by atoms with Crippen LogP contribution in [0.1, 0.15) is 11.1 Å². The molecule has 4 aromatic rings. The Morgan fingerprint density at radius 3 is 1.88 bits per heavy atom. The van der Waals surface area contributed by atoms with Crippen molar-refractivity contribution < 1.29 is 8.42 Å². The lowest BCUT2D eigenvalue weighted by Gasteiger charge is -2.32. The van der Waals surface area contributed by atoms with Gasteiger partial charge in [0, 0.05) is 25.7 Å². The van der Waals surface area contributed by atoms with E-state index in [0.29, 0.717) is 18.0 Å². The van der Waals surface area contributed by atoms with Gasteiger partial charge in [0.1, 0.15) is 0 Å². The molecule has 4 nitrogen and oxygen atoms in total. The van der Waals surface area contributed by atoms with E-state index in [2.05, 4.69) is 41.1 Å². The summed E-state index contributed by atoms with van der Waals surface area (Å²) in [5, 5.41) is 1.99. The second-order valence-corrected chi connectivity index (χ2v) is 11.1. The van der Waals surface area contributed by atoms with Crippen LogP contribution in [-0.2, 0) is 22.9 Å². The maximum atomic E-state index is 13.5. The number of sulfone groups is 1. The molecule has 0 aliphatic heterocycles. The van der Waals surface area contributed by atoms with E-state index >= 15 is 0 Å². The summed E-state index contributed by atoms with van der Waals surface area (Å²) in [7, 11) is 0.597. The quantitative estimate of drug-likeness (QED) is 0.316. The van der Waals surface area contributed by atoms with Gasteiger partial charge < -0.3 is 4.90 Å². The molecule has 4 rings (SSSR count). The fourth-order valence-corrected chi connectivity index (χ4v) is 5.99. The highest BCUT2D eigenvalue weighted by Gasteiger charge is 2.26. The number of nitrogens with zero attached hydrogens (tertiary/aromatic N) is 2. The molecule has 0 radical (unpaired) electrons. The number of hydrogen-bond donors (Lipinski definition) is 0. The molecule has 1 atom stereocenters. The summed E-state index contributed by atoms with van der Waals surface area (Å²) in [6, 6.07) is 33.6.